The number of carboxylic acid groups (broad SMARTS) is 2. The second-order valence-electron chi connectivity index (χ2n) is 4.77. The maximum Gasteiger partial charge on any atom is 0.325 e. The van der Waals surface area contributed by atoms with Gasteiger partial charge in [0.1, 0.15) is 12.6 Å². The quantitative estimate of drug-likeness (QED) is 0.567. The van der Waals surface area contributed by atoms with Crippen molar-refractivity contribution in [3.63, 3.8) is 0 Å². The summed E-state index contributed by atoms with van der Waals surface area (Å²) in [6.45, 7) is -0.303. The fraction of sp³-hybridized carbons (Fsp3) is 0.308. The number of aliphatic carboxylic acids is 2. The van der Waals surface area contributed by atoms with Gasteiger partial charge in [0.15, 0.2) is 0 Å². The maximum absolute atomic E-state index is 10.8. The lowest BCUT2D eigenvalue weighted by atomic mass is 10.0. The van der Waals surface area contributed by atoms with Gasteiger partial charge >= 0.3 is 11.9 Å². The van der Waals surface area contributed by atoms with Crippen molar-refractivity contribution in [1.82, 2.24) is 20.2 Å². The van der Waals surface area contributed by atoms with Gasteiger partial charge in [-0.15, -0.1) is 5.10 Å². The Hall–Kier alpha value is -2.46. The van der Waals surface area contributed by atoms with Crippen molar-refractivity contribution >= 4 is 23.7 Å². The average Bonchev–Trinajstić information content (AvgIpc) is 2.92. The predicted molar refractivity (Wildman–Crippen MR) is 80.8 cm³/mol. The molecule has 1 unspecified atom stereocenters. The van der Waals surface area contributed by atoms with Gasteiger partial charge in [0.25, 0.3) is 0 Å². The van der Waals surface area contributed by atoms with E-state index < -0.39 is 18.0 Å². The van der Waals surface area contributed by atoms with Crippen LogP contribution in [0.2, 0.25) is 0 Å². The van der Waals surface area contributed by atoms with E-state index in [1.54, 1.807) is 0 Å². The molecule has 0 aliphatic heterocycles. The van der Waals surface area contributed by atoms with Crippen LogP contribution in [0.25, 0.3) is 0 Å². The van der Waals surface area contributed by atoms with Gasteiger partial charge in [-0.05, 0) is 28.0 Å². The van der Waals surface area contributed by atoms with E-state index in [0.717, 1.165) is 11.1 Å². The molecular formula is C13H15N5O4S. The zero-order valence-electron chi connectivity index (χ0n) is 12.0. The molecule has 0 saturated carbocycles. The molecule has 1 atom stereocenters. The zero-order valence-corrected chi connectivity index (χ0v) is 12.8. The van der Waals surface area contributed by atoms with Crippen molar-refractivity contribution < 1.29 is 19.8 Å². The number of thioether (sulfide) groups is 1. The minimum atomic E-state index is -1.04. The molecule has 0 fully saturated rings. The highest BCUT2D eigenvalue weighted by molar-refractivity contribution is 7.98. The first-order valence-electron chi connectivity index (χ1n) is 6.62. The van der Waals surface area contributed by atoms with Crippen LogP contribution < -0.4 is 5.73 Å². The van der Waals surface area contributed by atoms with Crippen molar-refractivity contribution in [3.8, 4) is 0 Å². The predicted octanol–water partition coefficient (Wildman–Crippen LogP) is 0.00440. The lowest BCUT2D eigenvalue weighted by molar-refractivity contribution is -0.139. The standard InChI is InChI=1S/C13H15N5O4S/c14-10(12(21)22)5-8-2-1-3-9(4-8)7-23-13-15-16-17-18(13)6-11(19)20/h1-4,10H,5-7,14H2,(H,19,20)(H,21,22). The van der Waals surface area contributed by atoms with Crippen LogP contribution in [0.3, 0.4) is 0 Å². The molecule has 10 heteroatoms. The van der Waals surface area contributed by atoms with E-state index in [-0.39, 0.29) is 13.0 Å². The van der Waals surface area contributed by atoms with E-state index in [1.807, 2.05) is 24.3 Å². The molecule has 2 rings (SSSR count). The van der Waals surface area contributed by atoms with Crippen LogP contribution in [0, 0.1) is 0 Å². The largest absolute Gasteiger partial charge is 0.480 e. The Morgan fingerprint density at radius 2 is 2.04 bits per heavy atom. The van der Waals surface area contributed by atoms with Crippen molar-refractivity contribution in [2.75, 3.05) is 0 Å². The van der Waals surface area contributed by atoms with Crippen molar-refractivity contribution in [1.29, 1.82) is 0 Å². The molecule has 0 amide bonds. The van der Waals surface area contributed by atoms with Crippen LogP contribution in [0.4, 0.5) is 0 Å². The van der Waals surface area contributed by atoms with E-state index in [0.29, 0.717) is 10.9 Å². The SMILES string of the molecule is NC(Cc1cccc(CSc2nnnn2CC(=O)O)c1)C(=O)O. The topological polar surface area (TPSA) is 144 Å². The molecule has 0 bridgehead atoms. The summed E-state index contributed by atoms with van der Waals surface area (Å²) in [5.41, 5.74) is 7.29. The van der Waals surface area contributed by atoms with Gasteiger partial charge in [-0.2, -0.15) is 0 Å². The van der Waals surface area contributed by atoms with E-state index in [2.05, 4.69) is 15.5 Å². The number of rotatable bonds is 8. The number of aromatic nitrogens is 4. The summed E-state index contributed by atoms with van der Waals surface area (Å²) in [6, 6.07) is 6.43. The smallest absolute Gasteiger partial charge is 0.325 e. The minimum absolute atomic E-state index is 0.241. The number of hydrogen-bond donors (Lipinski definition) is 3. The Morgan fingerprint density at radius 3 is 2.74 bits per heavy atom. The molecule has 2 aromatic rings. The van der Waals surface area contributed by atoms with Crippen LogP contribution in [-0.2, 0) is 28.3 Å². The molecule has 122 valence electrons. The summed E-state index contributed by atoms with van der Waals surface area (Å²) >= 11 is 1.30. The van der Waals surface area contributed by atoms with Crippen molar-refractivity contribution in [2.45, 2.75) is 29.9 Å². The molecule has 0 spiro atoms. The molecule has 9 nitrogen and oxygen atoms in total. The highest BCUT2D eigenvalue weighted by Crippen LogP contribution is 2.20. The summed E-state index contributed by atoms with van der Waals surface area (Å²) in [6.07, 6.45) is 0.241. The van der Waals surface area contributed by atoms with Crippen LogP contribution >= 0.6 is 11.8 Å². The third kappa shape index (κ3) is 5.04. The lowest BCUT2D eigenvalue weighted by Gasteiger charge is -2.08. The number of carboxylic acids is 2. The first-order chi connectivity index (χ1) is 11.0. The molecule has 23 heavy (non-hydrogen) atoms. The Kier molecular flexibility index (Phi) is 5.66. The van der Waals surface area contributed by atoms with Gasteiger partial charge in [-0.1, -0.05) is 36.0 Å². The van der Waals surface area contributed by atoms with E-state index in [1.165, 1.54) is 16.4 Å². The first kappa shape index (κ1) is 16.9. The molecule has 0 aliphatic carbocycles. The number of nitrogens with zero attached hydrogens (tertiary/aromatic N) is 4. The van der Waals surface area contributed by atoms with Crippen LogP contribution in [0.5, 0.6) is 0 Å². The molecular weight excluding hydrogens is 322 g/mol. The molecule has 1 aromatic heterocycles. The number of carbonyl (C=O) groups is 2. The monoisotopic (exact) mass is 337 g/mol. The molecule has 0 saturated heterocycles. The Morgan fingerprint density at radius 1 is 1.30 bits per heavy atom. The molecule has 0 aliphatic rings. The summed E-state index contributed by atoms with van der Waals surface area (Å²) in [5, 5.41) is 28.9. The van der Waals surface area contributed by atoms with Gasteiger partial charge in [-0.3, -0.25) is 9.59 Å². The van der Waals surface area contributed by atoms with Gasteiger partial charge in [0.05, 0.1) is 0 Å². The first-order valence-corrected chi connectivity index (χ1v) is 7.61. The number of hydrogen-bond acceptors (Lipinski definition) is 7. The fourth-order valence-electron chi connectivity index (χ4n) is 1.86. The number of nitrogens with two attached hydrogens (primary N) is 1. The van der Waals surface area contributed by atoms with Crippen LogP contribution in [0.15, 0.2) is 29.4 Å². The Balaban J connectivity index is 2.00. The van der Waals surface area contributed by atoms with Crippen LogP contribution in [-0.4, -0.2) is 48.4 Å². The van der Waals surface area contributed by atoms with Gasteiger partial charge in [-0.25, -0.2) is 4.68 Å². The fourth-order valence-corrected chi connectivity index (χ4v) is 2.68. The minimum Gasteiger partial charge on any atom is -0.480 e. The lowest BCUT2D eigenvalue weighted by Crippen LogP contribution is -2.32. The van der Waals surface area contributed by atoms with Gasteiger partial charge in [0, 0.05) is 5.75 Å². The third-order valence-corrected chi connectivity index (χ3v) is 3.94. The normalized spacial score (nSPS) is 12.0. The molecule has 1 heterocycles. The van der Waals surface area contributed by atoms with Crippen molar-refractivity contribution in [3.05, 3.63) is 35.4 Å². The van der Waals surface area contributed by atoms with E-state index >= 15 is 0 Å². The molecule has 0 radical (unpaired) electrons. The third-order valence-electron chi connectivity index (χ3n) is 2.92. The highest BCUT2D eigenvalue weighted by atomic mass is 32.2. The maximum atomic E-state index is 10.8. The van der Waals surface area contributed by atoms with Crippen molar-refractivity contribution in [2.24, 2.45) is 5.73 Å². The second-order valence-corrected chi connectivity index (χ2v) is 5.71. The van der Waals surface area contributed by atoms with Gasteiger partial charge < -0.3 is 15.9 Å². The Labute approximate surface area is 135 Å². The van der Waals surface area contributed by atoms with Gasteiger partial charge in [0.2, 0.25) is 5.16 Å². The summed E-state index contributed by atoms with van der Waals surface area (Å²) in [7, 11) is 0. The Bertz CT molecular complexity index is 705. The highest BCUT2D eigenvalue weighted by Gasteiger charge is 2.13. The van der Waals surface area contributed by atoms with Crippen LogP contribution in [0.1, 0.15) is 11.1 Å². The second kappa shape index (κ2) is 7.70. The molecule has 4 N–H and O–H groups in total. The van der Waals surface area contributed by atoms with E-state index in [9.17, 15) is 9.59 Å². The molecule has 1 aromatic carbocycles. The van der Waals surface area contributed by atoms with E-state index in [4.69, 9.17) is 15.9 Å². The summed E-state index contributed by atoms with van der Waals surface area (Å²) in [4.78, 5) is 21.5. The zero-order chi connectivity index (χ0) is 16.8. The number of benzene rings is 1. The number of tetrazole rings is 1. The average molecular weight is 337 g/mol. The summed E-state index contributed by atoms with van der Waals surface area (Å²) in [5.74, 6) is -1.54. The summed E-state index contributed by atoms with van der Waals surface area (Å²) < 4.78 is 1.21.